The second-order valence-corrected chi connectivity index (χ2v) is 10.3. The summed E-state index contributed by atoms with van der Waals surface area (Å²) < 4.78 is 5.45. The van der Waals surface area contributed by atoms with Crippen LogP contribution >= 0.6 is 0 Å². The number of carboxylic acids is 2. The van der Waals surface area contributed by atoms with Crippen molar-refractivity contribution >= 4 is 35.6 Å². The van der Waals surface area contributed by atoms with Crippen LogP contribution in [0.2, 0.25) is 0 Å². The number of guanidine groups is 1. The molecule has 4 unspecified atom stereocenters. The number of aliphatic carboxylic acids is 1. The van der Waals surface area contributed by atoms with Crippen LogP contribution in [-0.4, -0.2) is 99.7 Å². The van der Waals surface area contributed by atoms with E-state index in [2.05, 4.69) is 16.0 Å². The van der Waals surface area contributed by atoms with E-state index in [1.54, 1.807) is 11.8 Å². The zero-order valence-electron chi connectivity index (χ0n) is 24.2. The van der Waals surface area contributed by atoms with Gasteiger partial charge in [0.05, 0.1) is 6.10 Å². The Hall–Kier alpha value is -4.44. The molecule has 3 amide bonds. The van der Waals surface area contributed by atoms with E-state index >= 15 is 0 Å². The molecule has 0 saturated heterocycles. The van der Waals surface area contributed by atoms with Crippen molar-refractivity contribution in [2.75, 3.05) is 19.6 Å². The number of aryl methyl sites for hydroxylation is 1. The molecule has 2 rings (SSSR count). The number of carbonyl (C=O) groups excluding carboxylic acids is 3. The summed E-state index contributed by atoms with van der Waals surface area (Å²) in [5.41, 5.74) is 12.0. The van der Waals surface area contributed by atoms with Crippen LogP contribution in [0.3, 0.4) is 0 Å². The zero-order valence-corrected chi connectivity index (χ0v) is 24.2. The normalized spacial score (nSPS) is 15.5. The van der Waals surface area contributed by atoms with Crippen molar-refractivity contribution in [2.45, 2.75) is 76.6 Å². The fraction of sp³-hybridized carbons (Fsp3) is 0.556. The van der Waals surface area contributed by atoms with Gasteiger partial charge in [-0.1, -0.05) is 18.6 Å². The van der Waals surface area contributed by atoms with Crippen molar-refractivity contribution in [3.63, 3.8) is 0 Å². The van der Waals surface area contributed by atoms with Crippen LogP contribution in [0.5, 0.6) is 0 Å². The van der Waals surface area contributed by atoms with E-state index in [1.165, 1.54) is 13.0 Å². The van der Waals surface area contributed by atoms with Gasteiger partial charge in [0.15, 0.2) is 5.96 Å². The monoisotopic (exact) mass is 607 g/mol. The summed E-state index contributed by atoms with van der Waals surface area (Å²) >= 11 is 0. The van der Waals surface area contributed by atoms with Gasteiger partial charge in [0, 0.05) is 38.9 Å². The van der Waals surface area contributed by atoms with Crippen molar-refractivity contribution < 1.29 is 43.7 Å². The Balaban J connectivity index is 1.86. The van der Waals surface area contributed by atoms with Crippen molar-refractivity contribution in [1.82, 2.24) is 20.9 Å². The second kappa shape index (κ2) is 16.3. The number of nitrogens with one attached hydrogen (secondary N) is 4. The lowest BCUT2D eigenvalue weighted by molar-refractivity contribution is -0.141. The maximum atomic E-state index is 12.9. The van der Waals surface area contributed by atoms with Gasteiger partial charge in [0.25, 0.3) is 0 Å². The molecule has 2 heterocycles. The molecule has 0 aromatic carbocycles. The maximum Gasteiger partial charge on any atom is 0.339 e. The van der Waals surface area contributed by atoms with Crippen LogP contribution in [0.15, 0.2) is 22.1 Å². The molecule has 16 heteroatoms. The number of unbranched alkanes of at least 4 members (excludes halogenated alkanes) is 1. The molecule has 0 spiro atoms. The number of hydrogen-bond acceptors (Lipinski definition) is 9. The number of hydrogen-bond donors (Lipinski definition) is 9. The quantitative estimate of drug-likeness (QED) is 0.0431. The van der Waals surface area contributed by atoms with Crippen LogP contribution in [-0.2, 0) is 32.0 Å². The van der Waals surface area contributed by atoms with Crippen LogP contribution in [0, 0.1) is 5.41 Å². The minimum atomic E-state index is -1.33. The molecular weight excluding hydrogens is 566 g/mol. The Morgan fingerprint density at radius 1 is 1.09 bits per heavy atom. The number of rotatable bonds is 17. The van der Waals surface area contributed by atoms with E-state index in [-0.39, 0.29) is 48.9 Å². The number of aliphatic hydroxyl groups is 1. The minimum absolute atomic E-state index is 0.0322. The standard InChI is InChI=1S/C27H41N7O9/c1-3-20-17(25(39)40)11-16(43-20)12-19(26(41)42)32-21(36)6-4-5-8-31-23(37)18(33-24(38)22(28)14(2)35)10-15-7-9-34(13-15)27(29)30/h7,11,14,18-19,22,35H,3-6,8-10,12-13,28H2,1-2H3,(H3,29,30)(H,31,37)(H,32,36)(H,33,38)(H,39,40)(H,41,42). The third kappa shape index (κ3) is 10.7. The van der Waals surface area contributed by atoms with Crippen LogP contribution in [0.25, 0.3) is 0 Å². The Labute approximate surface area is 248 Å². The molecule has 1 aliphatic heterocycles. The van der Waals surface area contributed by atoms with Crippen molar-refractivity contribution in [3.8, 4) is 0 Å². The molecule has 238 valence electrons. The van der Waals surface area contributed by atoms with E-state index < -0.39 is 53.9 Å². The van der Waals surface area contributed by atoms with Gasteiger partial charge in [-0.05, 0) is 32.3 Å². The van der Waals surface area contributed by atoms with Crippen molar-refractivity contribution in [2.24, 2.45) is 11.5 Å². The van der Waals surface area contributed by atoms with Crippen LogP contribution < -0.4 is 27.4 Å². The molecule has 0 fully saturated rings. The summed E-state index contributed by atoms with van der Waals surface area (Å²) in [6.45, 7) is 3.94. The van der Waals surface area contributed by atoms with Crippen LogP contribution in [0.1, 0.15) is 61.4 Å². The van der Waals surface area contributed by atoms with E-state index in [4.69, 9.17) is 21.3 Å². The van der Waals surface area contributed by atoms with Gasteiger partial charge >= 0.3 is 11.9 Å². The fourth-order valence-corrected chi connectivity index (χ4v) is 4.34. The number of amides is 3. The Bertz CT molecular complexity index is 1230. The third-order valence-corrected chi connectivity index (χ3v) is 6.84. The third-order valence-electron chi connectivity index (χ3n) is 6.84. The molecule has 0 radical (unpaired) electrons. The number of nitrogens with zero attached hydrogens (tertiary/aromatic N) is 1. The first-order valence-corrected chi connectivity index (χ1v) is 13.9. The molecule has 16 nitrogen and oxygen atoms in total. The van der Waals surface area contributed by atoms with E-state index in [1.807, 2.05) is 6.08 Å². The molecule has 0 saturated carbocycles. The molecule has 1 aromatic rings. The predicted octanol–water partition coefficient (Wildman–Crippen LogP) is -1.34. The van der Waals surface area contributed by atoms with Crippen molar-refractivity contribution in [1.29, 1.82) is 5.41 Å². The van der Waals surface area contributed by atoms with Gasteiger partial charge in [0.1, 0.15) is 35.2 Å². The van der Waals surface area contributed by atoms with Gasteiger partial charge in [-0.15, -0.1) is 0 Å². The lowest BCUT2D eigenvalue weighted by Gasteiger charge is -2.23. The minimum Gasteiger partial charge on any atom is -0.480 e. The highest BCUT2D eigenvalue weighted by Crippen LogP contribution is 2.18. The first kappa shape index (κ1) is 34.8. The molecule has 43 heavy (non-hydrogen) atoms. The first-order chi connectivity index (χ1) is 20.2. The van der Waals surface area contributed by atoms with Crippen molar-refractivity contribution in [3.05, 3.63) is 34.8 Å². The summed E-state index contributed by atoms with van der Waals surface area (Å²) in [5.74, 6) is -4.03. The highest BCUT2D eigenvalue weighted by Gasteiger charge is 2.28. The molecule has 0 aliphatic carbocycles. The lowest BCUT2D eigenvalue weighted by Crippen LogP contribution is -2.54. The smallest absolute Gasteiger partial charge is 0.339 e. The average molecular weight is 608 g/mol. The number of carbonyl (C=O) groups is 5. The largest absolute Gasteiger partial charge is 0.480 e. The Kier molecular flexibility index (Phi) is 13.1. The second-order valence-electron chi connectivity index (χ2n) is 10.3. The van der Waals surface area contributed by atoms with E-state index in [9.17, 15) is 39.3 Å². The Morgan fingerprint density at radius 3 is 2.33 bits per heavy atom. The fourth-order valence-electron chi connectivity index (χ4n) is 4.34. The van der Waals surface area contributed by atoms with Gasteiger partial charge in [-0.2, -0.15) is 0 Å². The lowest BCUT2D eigenvalue weighted by atomic mass is 10.0. The number of aromatic carboxylic acids is 1. The molecule has 11 N–H and O–H groups in total. The summed E-state index contributed by atoms with van der Waals surface area (Å²) in [7, 11) is 0. The van der Waals surface area contributed by atoms with Gasteiger partial charge in [0.2, 0.25) is 17.7 Å². The van der Waals surface area contributed by atoms with E-state index in [0.29, 0.717) is 32.4 Å². The molecule has 1 aromatic heterocycles. The molecule has 1 aliphatic rings. The number of carboxylic acid groups (broad SMARTS) is 2. The predicted molar refractivity (Wildman–Crippen MR) is 153 cm³/mol. The summed E-state index contributed by atoms with van der Waals surface area (Å²) in [6, 6.07) is -2.32. The summed E-state index contributed by atoms with van der Waals surface area (Å²) in [6.07, 6.45) is 1.53. The average Bonchev–Trinajstić information content (AvgIpc) is 3.58. The SMILES string of the molecule is CCc1oc(CC(NC(=O)CCCCNC(=O)C(CC2=CCN(C(=N)N)C2)NC(=O)C(N)C(C)O)C(=O)O)cc1C(=O)O. The van der Waals surface area contributed by atoms with Gasteiger partial charge < -0.3 is 52.1 Å². The highest BCUT2D eigenvalue weighted by molar-refractivity contribution is 5.90. The number of nitrogens with two attached hydrogens (primary N) is 2. The van der Waals surface area contributed by atoms with Gasteiger partial charge in [-0.3, -0.25) is 19.8 Å². The topological polar surface area (TPSA) is 274 Å². The summed E-state index contributed by atoms with van der Waals surface area (Å²) in [5, 5.41) is 43.6. The summed E-state index contributed by atoms with van der Waals surface area (Å²) in [4.78, 5) is 62.4. The molecular formula is C27H41N7O9. The van der Waals surface area contributed by atoms with Crippen LogP contribution in [0.4, 0.5) is 0 Å². The Morgan fingerprint density at radius 2 is 1.79 bits per heavy atom. The van der Waals surface area contributed by atoms with E-state index in [0.717, 1.165) is 5.57 Å². The number of aliphatic hydroxyl groups excluding tert-OH is 1. The first-order valence-electron chi connectivity index (χ1n) is 13.9. The maximum absolute atomic E-state index is 12.9. The van der Waals surface area contributed by atoms with Gasteiger partial charge in [-0.25, -0.2) is 9.59 Å². The molecule has 0 bridgehead atoms. The highest BCUT2D eigenvalue weighted by atomic mass is 16.4. The number of furan rings is 1. The molecule has 4 atom stereocenters. The zero-order chi connectivity index (χ0) is 32.3.